The summed E-state index contributed by atoms with van der Waals surface area (Å²) in [7, 11) is -6.61. The highest BCUT2D eigenvalue weighted by atomic mass is 32.2. The molecule has 0 saturated heterocycles. The van der Waals surface area contributed by atoms with E-state index in [-0.39, 0.29) is 15.5 Å². The lowest BCUT2D eigenvalue weighted by molar-refractivity contribution is 0.594. The molecule has 0 bridgehead atoms. The van der Waals surface area contributed by atoms with Crippen molar-refractivity contribution in [2.45, 2.75) is 16.3 Å². The van der Waals surface area contributed by atoms with E-state index >= 15 is 0 Å². The van der Waals surface area contributed by atoms with Crippen molar-refractivity contribution >= 4 is 42.1 Å². The molecule has 0 saturated carbocycles. The Bertz CT molecular complexity index is 1860. The Hall–Kier alpha value is -4.12. The molecule has 0 radical (unpaired) electrons. The molecule has 0 unspecified atom stereocenters. The van der Waals surface area contributed by atoms with Gasteiger partial charge in [0, 0.05) is 30.4 Å². The zero-order chi connectivity index (χ0) is 28.2. The van der Waals surface area contributed by atoms with Crippen LogP contribution in [0.1, 0.15) is 5.56 Å². The Kier molecular flexibility index (Phi) is 7.92. The average molecular weight is 573 g/mol. The topological polar surface area (TPSA) is 118 Å². The number of nitrogens with one attached hydrogen (secondary N) is 2. The first-order valence-electron chi connectivity index (χ1n) is 12.6. The van der Waals surface area contributed by atoms with Gasteiger partial charge in [0.15, 0.2) is 0 Å². The molecule has 10 heteroatoms. The van der Waals surface area contributed by atoms with Crippen LogP contribution in [-0.4, -0.2) is 45.4 Å². The minimum atomic E-state index is -3.60. The van der Waals surface area contributed by atoms with E-state index in [0.717, 1.165) is 27.6 Å². The standard InChI is InChI=1S/C30H28N4O4S2/c1-39(35,36)17-16-31-20-22-6-5-7-23(18-22)24-10-15-29-28(19-24)30(33-21-32-29)34-25-11-13-27(14-12-25)40(37,38)26-8-3-2-4-9-26/h2-15,18-19,21,31H,16-17,20H2,1H3,(H,32,33,34). The number of rotatable bonds is 10. The molecule has 0 aliphatic heterocycles. The molecule has 0 atom stereocenters. The quantitative estimate of drug-likeness (QED) is 0.224. The molecule has 0 fully saturated rings. The highest BCUT2D eigenvalue weighted by Crippen LogP contribution is 2.30. The second kappa shape index (κ2) is 11.5. The smallest absolute Gasteiger partial charge is 0.206 e. The number of nitrogens with zero attached hydrogens (tertiary/aromatic N) is 2. The van der Waals surface area contributed by atoms with Gasteiger partial charge in [-0.05, 0) is 71.3 Å². The summed E-state index contributed by atoms with van der Waals surface area (Å²) in [4.78, 5) is 9.30. The van der Waals surface area contributed by atoms with Crippen LogP contribution in [0.15, 0.2) is 113 Å². The summed E-state index contributed by atoms with van der Waals surface area (Å²) in [5.41, 5.74) is 4.49. The second-order valence-electron chi connectivity index (χ2n) is 9.43. The number of hydrogen-bond donors (Lipinski definition) is 2. The van der Waals surface area contributed by atoms with Crippen LogP contribution < -0.4 is 10.6 Å². The van der Waals surface area contributed by atoms with E-state index in [9.17, 15) is 16.8 Å². The van der Waals surface area contributed by atoms with E-state index in [0.29, 0.717) is 24.6 Å². The largest absolute Gasteiger partial charge is 0.340 e. The van der Waals surface area contributed by atoms with E-state index in [1.807, 2.05) is 36.4 Å². The van der Waals surface area contributed by atoms with Crippen molar-refractivity contribution in [3.8, 4) is 11.1 Å². The van der Waals surface area contributed by atoms with Gasteiger partial charge in [0.2, 0.25) is 9.84 Å². The van der Waals surface area contributed by atoms with Gasteiger partial charge in [0.1, 0.15) is 22.0 Å². The van der Waals surface area contributed by atoms with Crippen molar-refractivity contribution in [3.05, 3.63) is 109 Å². The molecular formula is C30H28N4O4S2. The fourth-order valence-electron chi connectivity index (χ4n) is 4.28. The number of sulfone groups is 2. The molecule has 2 N–H and O–H groups in total. The van der Waals surface area contributed by atoms with Crippen molar-refractivity contribution in [2.75, 3.05) is 23.9 Å². The van der Waals surface area contributed by atoms with E-state index in [4.69, 9.17) is 0 Å². The molecule has 8 nitrogen and oxygen atoms in total. The Morgan fingerprint density at radius 1 is 0.725 bits per heavy atom. The maximum absolute atomic E-state index is 12.9. The van der Waals surface area contributed by atoms with Crippen LogP contribution in [0.4, 0.5) is 11.5 Å². The fraction of sp³-hybridized carbons (Fsp3) is 0.133. The van der Waals surface area contributed by atoms with Gasteiger partial charge < -0.3 is 10.6 Å². The molecular weight excluding hydrogens is 544 g/mol. The lowest BCUT2D eigenvalue weighted by Crippen LogP contribution is -2.21. The summed E-state index contributed by atoms with van der Waals surface area (Å²) in [5, 5.41) is 7.29. The number of fused-ring (bicyclic) bond motifs is 1. The fourth-order valence-corrected chi connectivity index (χ4v) is 6.07. The molecule has 5 rings (SSSR count). The minimum absolute atomic E-state index is 0.0959. The molecule has 1 heterocycles. The summed E-state index contributed by atoms with van der Waals surface area (Å²) in [5.74, 6) is 0.697. The summed E-state index contributed by atoms with van der Waals surface area (Å²) >= 11 is 0. The monoisotopic (exact) mass is 572 g/mol. The van der Waals surface area contributed by atoms with Gasteiger partial charge in [-0.3, -0.25) is 0 Å². The van der Waals surface area contributed by atoms with Gasteiger partial charge in [-0.25, -0.2) is 26.8 Å². The van der Waals surface area contributed by atoms with E-state index < -0.39 is 19.7 Å². The maximum atomic E-state index is 12.9. The molecule has 204 valence electrons. The lowest BCUT2D eigenvalue weighted by atomic mass is 10.0. The van der Waals surface area contributed by atoms with Crippen LogP contribution >= 0.6 is 0 Å². The molecule has 40 heavy (non-hydrogen) atoms. The predicted molar refractivity (Wildman–Crippen MR) is 158 cm³/mol. The van der Waals surface area contributed by atoms with Crippen molar-refractivity contribution in [1.29, 1.82) is 0 Å². The van der Waals surface area contributed by atoms with E-state index in [2.05, 4.69) is 26.7 Å². The minimum Gasteiger partial charge on any atom is -0.340 e. The van der Waals surface area contributed by atoms with Crippen molar-refractivity contribution in [1.82, 2.24) is 15.3 Å². The molecule has 0 amide bonds. The van der Waals surface area contributed by atoms with Gasteiger partial charge >= 0.3 is 0 Å². The third-order valence-corrected chi connectivity index (χ3v) is 9.09. The Morgan fingerprint density at radius 2 is 1.45 bits per heavy atom. The summed E-state index contributed by atoms with van der Waals surface area (Å²) in [6.07, 6.45) is 2.72. The zero-order valence-electron chi connectivity index (χ0n) is 21.8. The highest BCUT2D eigenvalue weighted by Gasteiger charge is 2.17. The SMILES string of the molecule is CS(=O)(=O)CCNCc1cccc(-c2ccc3ncnc(Nc4ccc(S(=O)(=O)c5ccccc5)cc4)c3c2)c1. The average Bonchev–Trinajstić information content (AvgIpc) is 2.96. The third kappa shape index (κ3) is 6.53. The maximum Gasteiger partial charge on any atom is 0.206 e. The van der Waals surface area contributed by atoms with Crippen molar-refractivity contribution in [2.24, 2.45) is 0 Å². The van der Waals surface area contributed by atoms with Crippen LogP contribution in [0.25, 0.3) is 22.0 Å². The number of anilines is 2. The summed E-state index contributed by atoms with van der Waals surface area (Å²) in [6.45, 7) is 0.952. The van der Waals surface area contributed by atoms with Crippen molar-refractivity contribution < 1.29 is 16.8 Å². The van der Waals surface area contributed by atoms with Crippen LogP contribution in [0.3, 0.4) is 0 Å². The lowest BCUT2D eigenvalue weighted by Gasteiger charge is -2.11. The van der Waals surface area contributed by atoms with Gasteiger partial charge in [-0.15, -0.1) is 0 Å². The second-order valence-corrected chi connectivity index (χ2v) is 13.6. The van der Waals surface area contributed by atoms with E-state index in [1.54, 1.807) is 54.6 Å². The Balaban J connectivity index is 1.36. The van der Waals surface area contributed by atoms with Crippen LogP contribution in [-0.2, 0) is 26.2 Å². The van der Waals surface area contributed by atoms with Crippen LogP contribution in [0, 0.1) is 0 Å². The summed E-state index contributed by atoms with van der Waals surface area (Å²) in [6, 6.07) is 28.9. The normalized spacial score (nSPS) is 11.9. The van der Waals surface area contributed by atoms with Crippen molar-refractivity contribution in [3.63, 3.8) is 0 Å². The number of benzene rings is 4. The van der Waals surface area contributed by atoms with Gasteiger partial charge in [0.25, 0.3) is 0 Å². The highest BCUT2D eigenvalue weighted by molar-refractivity contribution is 7.91. The third-order valence-electron chi connectivity index (χ3n) is 6.36. The molecule has 0 aliphatic carbocycles. The van der Waals surface area contributed by atoms with E-state index in [1.165, 1.54) is 12.6 Å². The molecule has 5 aromatic rings. The van der Waals surface area contributed by atoms with Gasteiger partial charge in [-0.2, -0.15) is 0 Å². The molecule has 0 spiro atoms. The van der Waals surface area contributed by atoms with Crippen LogP contribution in [0.5, 0.6) is 0 Å². The molecule has 0 aliphatic rings. The first kappa shape index (κ1) is 27.4. The van der Waals surface area contributed by atoms with Gasteiger partial charge in [-0.1, -0.05) is 42.5 Å². The Morgan fingerprint density at radius 3 is 2.20 bits per heavy atom. The number of hydrogen-bond acceptors (Lipinski definition) is 8. The predicted octanol–water partition coefficient (Wildman–Crippen LogP) is 5.01. The first-order chi connectivity index (χ1) is 19.2. The Labute approximate surface area is 234 Å². The number of aromatic nitrogens is 2. The summed E-state index contributed by atoms with van der Waals surface area (Å²) < 4.78 is 48.6. The molecule has 4 aromatic carbocycles. The molecule has 1 aromatic heterocycles. The first-order valence-corrected chi connectivity index (χ1v) is 16.1. The van der Waals surface area contributed by atoms with Gasteiger partial charge in [0.05, 0.1) is 21.1 Å². The van der Waals surface area contributed by atoms with Crippen LogP contribution in [0.2, 0.25) is 0 Å². The zero-order valence-corrected chi connectivity index (χ0v) is 23.4.